The number of esters is 1. The van der Waals surface area contributed by atoms with Crippen molar-refractivity contribution >= 4 is 48.7 Å². The molecule has 1 heterocycles. The number of halogens is 1. The van der Waals surface area contributed by atoms with Gasteiger partial charge < -0.3 is 9.84 Å². The number of rotatable bonds is 4. The maximum atomic E-state index is 13.7. The molecule has 2 atom stereocenters. The van der Waals surface area contributed by atoms with E-state index in [1.807, 2.05) is 6.07 Å². The van der Waals surface area contributed by atoms with Crippen LogP contribution in [-0.4, -0.2) is 42.0 Å². The number of ether oxygens (including phenoxy) is 1. The summed E-state index contributed by atoms with van der Waals surface area (Å²) in [5, 5.41) is 10.7. The van der Waals surface area contributed by atoms with Crippen molar-refractivity contribution in [1.82, 2.24) is 4.57 Å². The van der Waals surface area contributed by atoms with E-state index < -0.39 is 32.6 Å². The van der Waals surface area contributed by atoms with Crippen molar-refractivity contribution in [2.24, 2.45) is 5.92 Å². The molecule has 1 N–H and O–H groups in total. The van der Waals surface area contributed by atoms with Crippen LogP contribution in [-0.2, 0) is 32.2 Å². The van der Waals surface area contributed by atoms with E-state index in [0.717, 1.165) is 15.4 Å². The minimum atomic E-state index is -4.12. The first-order valence-corrected chi connectivity index (χ1v) is 12.3. The van der Waals surface area contributed by atoms with Gasteiger partial charge in [-0.05, 0) is 68.0 Å². The highest BCUT2D eigenvalue weighted by molar-refractivity contribution is 9.10. The van der Waals surface area contributed by atoms with Crippen LogP contribution in [0.1, 0.15) is 24.6 Å². The van der Waals surface area contributed by atoms with Crippen molar-refractivity contribution in [3.05, 3.63) is 64.3 Å². The molecule has 0 saturated heterocycles. The van der Waals surface area contributed by atoms with Crippen molar-refractivity contribution in [2.45, 2.75) is 35.8 Å². The molecule has 0 spiro atoms. The largest absolute Gasteiger partial charge is 0.468 e. The van der Waals surface area contributed by atoms with Crippen LogP contribution >= 0.6 is 15.9 Å². The summed E-state index contributed by atoms with van der Waals surface area (Å²) in [4.78, 5) is 25.1. The van der Waals surface area contributed by atoms with Crippen molar-refractivity contribution in [1.29, 1.82) is 0 Å². The fourth-order valence-corrected chi connectivity index (χ4v) is 7.07. The van der Waals surface area contributed by atoms with Gasteiger partial charge in [-0.1, -0.05) is 34.1 Å². The Morgan fingerprint density at radius 1 is 1.19 bits per heavy atom. The topological polar surface area (TPSA) is 103 Å². The molecule has 2 aromatic carbocycles. The molecule has 0 bridgehead atoms. The Morgan fingerprint density at radius 2 is 1.88 bits per heavy atom. The predicted molar refractivity (Wildman–Crippen MR) is 123 cm³/mol. The van der Waals surface area contributed by atoms with Crippen LogP contribution in [0, 0.1) is 5.92 Å². The Balaban J connectivity index is 1.89. The number of carboxylic acid groups (broad SMARTS) is 1. The molecule has 2 unspecified atom stereocenters. The van der Waals surface area contributed by atoms with E-state index >= 15 is 0 Å². The summed E-state index contributed by atoms with van der Waals surface area (Å²) in [5.41, 5.74) is 1.92. The van der Waals surface area contributed by atoms with E-state index in [4.69, 9.17) is 4.74 Å². The normalized spacial score (nSPS) is 18.0. The number of methoxy groups -OCH3 is 1. The van der Waals surface area contributed by atoms with Crippen LogP contribution in [0.2, 0.25) is 0 Å². The maximum absolute atomic E-state index is 13.7. The first-order valence-electron chi connectivity index (χ1n) is 10.1. The first kappa shape index (κ1) is 22.5. The fourth-order valence-electron chi connectivity index (χ4n) is 4.76. The second-order valence-electron chi connectivity index (χ2n) is 8.06. The predicted octanol–water partition coefficient (Wildman–Crippen LogP) is 4.44. The van der Waals surface area contributed by atoms with Gasteiger partial charge in [-0.2, -0.15) is 0 Å². The van der Waals surface area contributed by atoms with Crippen molar-refractivity contribution in [3.8, 4) is 0 Å². The lowest BCUT2D eigenvalue weighted by Gasteiger charge is -2.37. The molecule has 3 aromatic rings. The summed E-state index contributed by atoms with van der Waals surface area (Å²) in [7, 11) is -2.95. The average Bonchev–Trinajstić information content (AvgIpc) is 3.11. The SMILES string of the molecule is COC(=O)C(C)(C1CCc2c(n(C(=O)O)c3ccc(Br)cc23)C1)S(=O)(=O)c1ccccc1. The van der Waals surface area contributed by atoms with Crippen LogP contribution in [0.15, 0.2) is 57.9 Å². The summed E-state index contributed by atoms with van der Waals surface area (Å²) in [6.07, 6.45) is -0.184. The second-order valence-corrected chi connectivity index (χ2v) is 11.3. The lowest BCUT2D eigenvalue weighted by molar-refractivity contribution is -0.145. The molecule has 0 radical (unpaired) electrons. The molecule has 0 fully saturated rings. The highest BCUT2D eigenvalue weighted by Gasteiger charge is 2.55. The molecular formula is C23H22BrNO6S. The van der Waals surface area contributed by atoms with Gasteiger partial charge in [0.1, 0.15) is 0 Å². The number of hydrogen-bond donors (Lipinski definition) is 1. The van der Waals surface area contributed by atoms with Gasteiger partial charge in [-0.15, -0.1) is 0 Å². The molecule has 4 rings (SSSR count). The molecular weight excluding hydrogens is 498 g/mol. The Bertz CT molecular complexity index is 1330. The van der Waals surface area contributed by atoms with E-state index in [9.17, 15) is 23.1 Å². The smallest absolute Gasteiger partial charge is 0.416 e. The van der Waals surface area contributed by atoms with E-state index in [1.54, 1.807) is 30.3 Å². The molecule has 0 saturated carbocycles. The quantitative estimate of drug-likeness (QED) is 0.511. The number of carbonyl (C=O) groups excluding carboxylic acids is 1. The number of carbonyl (C=O) groups is 2. The van der Waals surface area contributed by atoms with E-state index in [0.29, 0.717) is 24.1 Å². The lowest BCUT2D eigenvalue weighted by atomic mass is 9.79. The molecule has 0 amide bonds. The molecule has 9 heteroatoms. The van der Waals surface area contributed by atoms with Crippen LogP contribution in [0.25, 0.3) is 10.9 Å². The molecule has 168 valence electrons. The highest BCUT2D eigenvalue weighted by atomic mass is 79.9. The first-order chi connectivity index (χ1) is 15.1. The molecule has 0 aliphatic heterocycles. The Kier molecular flexibility index (Phi) is 5.67. The number of aromatic nitrogens is 1. The van der Waals surface area contributed by atoms with Crippen LogP contribution in [0.3, 0.4) is 0 Å². The zero-order valence-electron chi connectivity index (χ0n) is 17.5. The third-order valence-electron chi connectivity index (χ3n) is 6.50. The van der Waals surface area contributed by atoms with Gasteiger partial charge in [0.25, 0.3) is 0 Å². The second kappa shape index (κ2) is 8.04. The number of nitrogens with zero attached hydrogens (tertiary/aromatic N) is 1. The van der Waals surface area contributed by atoms with Crippen LogP contribution in [0.5, 0.6) is 0 Å². The van der Waals surface area contributed by atoms with Crippen molar-refractivity contribution in [2.75, 3.05) is 7.11 Å². The minimum Gasteiger partial charge on any atom is -0.468 e. The third-order valence-corrected chi connectivity index (χ3v) is 9.50. The molecule has 1 aromatic heterocycles. The van der Waals surface area contributed by atoms with Gasteiger partial charge in [0.15, 0.2) is 14.6 Å². The van der Waals surface area contributed by atoms with Crippen molar-refractivity contribution < 1.29 is 27.9 Å². The fraction of sp³-hybridized carbons (Fsp3) is 0.304. The Hall–Kier alpha value is -2.65. The average molecular weight is 520 g/mol. The van der Waals surface area contributed by atoms with Gasteiger partial charge >= 0.3 is 12.1 Å². The molecule has 1 aliphatic rings. The van der Waals surface area contributed by atoms with E-state index in [1.165, 1.54) is 30.7 Å². The number of sulfone groups is 1. The minimum absolute atomic E-state index is 0.0291. The van der Waals surface area contributed by atoms with Crippen molar-refractivity contribution in [3.63, 3.8) is 0 Å². The van der Waals surface area contributed by atoms with Crippen LogP contribution in [0.4, 0.5) is 4.79 Å². The number of hydrogen-bond acceptors (Lipinski definition) is 5. The highest BCUT2D eigenvalue weighted by Crippen LogP contribution is 2.43. The van der Waals surface area contributed by atoms with E-state index in [2.05, 4.69) is 15.9 Å². The van der Waals surface area contributed by atoms with Gasteiger partial charge in [-0.25, -0.2) is 17.8 Å². The summed E-state index contributed by atoms with van der Waals surface area (Å²) in [6, 6.07) is 13.2. The lowest BCUT2D eigenvalue weighted by Crippen LogP contribution is -2.52. The third kappa shape index (κ3) is 3.26. The maximum Gasteiger partial charge on any atom is 0.416 e. The van der Waals surface area contributed by atoms with Gasteiger partial charge in [0.05, 0.1) is 17.5 Å². The Labute approximate surface area is 194 Å². The zero-order chi connectivity index (χ0) is 23.3. The number of fused-ring (bicyclic) bond motifs is 3. The molecule has 7 nitrogen and oxygen atoms in total. The Morgan fingerprint density at radius 3 is 2.50 bits per heavy atom. The summed E-state index contributed by atoms with van der Waals surface area (Å²) in [5.74, 6) is -1.52. The number of benzene rings is 2. The summed E-state index contributed by atoms with van der Waals surface area (Å²) < 4.78 is 32.5. The summed E-state index contributed by atoms with van der Waals surface area (Å²) >= 11 is 3.43. The van der Waals surface area contributed by atoms with Gasteiger partial charge in [0.2, 0.25) is 0 Å². The summed E-state index contributed by atoms with van der Waals surface area (Å²) in [6.45, 7) is 1.39. The van der Waals surface area contributed by atoms with Gasteiger partial charge in [0, 0.05) is 15.6 Å². The van der Waals surface area contributed by atoms with E-state index in [-0.39, 0.29) is 11.3 Å². The zero-order valence-corrected chi connectivity index (χ0v) is 19.9. The molecule has 1 aliphatic carbocycles. The standard InChI is InChI=1S/C23H22BrNO6S/c1-23(21(26)31-2,32(29,30)16-6-4-3-5-7-16)14-8-10-17-18-13-15(24)9-11-19(18)25(22(27)28)20(17)12-14/h3-7,9,11,13-14H,8,10,12H2,1-2H3,(H,27,28). The molecule has 32 heavy (non-hydrogen) atoms. The monoisotopic (exact) mass is 519 g/mol. The van der Waals surface area contributed by atoms with Gasteiger partial charge in [-0.3, -0.25) is 4.79 Å². The van der Waals surface area contributed by atoms with Crippen LogP contribution < -0.4 is 0 Å². The number of aryl methyl sites for hydroxylation is 1.